The lowest BCUT2D eigenvalue weighted by molar-refractivity contribution is 0.0730. The molecular weight excluding hydrogens is 329 g/mol. The summed E-state index contributed by atoms with van der Waals surface area (Å²) in [7, 11) is 0. The van der Waals surface area contributed by atoms with E-state index in [2.05, 4.69) is 6.92 Å². The van der Waals surface area contributed by atoms with Gasteiger partial charge in [-0.15, -0.1) is 0 Å². The van der Waals surface area contributed by atoms with E-state index in [1.165, 1.54) is 37.5 Å². The highest BCUT2D eigenvalue weighted by Gasteiger charge is 2.23. The molecule has 0 heterocycles. The van der Waals surface area contributed by atoms with Crippen LogP contribution in [0.5, 0.6) is 5.75 Å². The highest BCUT2D eigenvalue weighted by atomic mass is 19.1. The van der Waals surface area contributed by atoms with Crippen LogP contribution in [0.25, 0.3) is 0 Å². The average molecular weight is 351 g/mol. The molecule has 1 saturated carbocycles. The molecule has 26 heavy (non-hydrogen) atoms. The number of ether oxygens (including phenoxy) is 1. The fraction of sp³-hybridized carbons (Fsp3) is 0.364. The van der Waals surface area contributed by atoms with Crippen molar-refractivity contribution in [3.05, 3.63) is 65.0 Å². The van der Waals surface area contributed by atoms with Crippen LogP contribution in [0.15, 0.2) is 42.5 Å². The van der Waals surface area contributed by atoms with Gasteiger partial charge in [-0.2, -0.15) is 5.26 Å². The third kappa shape index (κ3) is 4.11. The largest absolute Gasteiger partial charge is 0.423 e. The van der Waals surface area contributed by atoms with Crippen LogP contribution in [0.1, 0.15) is 66.4 Å². The molecule has 0 unspecified atom stereocenters. The van der Waals surface area contributed by atoms with Gasteiger partial charge >= 0.3 is 5.97 Å². The van der Waals surface area contributed by atoms with Gasteiger partial charge in [-0.1, -0.05) is 25.5 Å². The minimum atomic E-state index is -0.751. The summed E-state index contributed by atoms with van der Waals surface area (Å²) >= 11 is 0. The van der Waals surface area contributed by atoms with E-state index >= 15 is 0 Å². The molecule has 0 atom stereocenters. The quantitative estimate of drug-likeness (QED) is 0.532. The Morgan fingerprint density at radius 2 is 1.96 bits per heavy atom. The Balaban J connectivity index is 1.71. The zero-order valence-corrected chi connectivity index (χ0v) is 14.9. The molecule has 0 radical (unpaired) electrons. The van der Waals surface area contributed by atoms with E-state index in [4.69, 9.17) is 10.00 Å². The first-order valence-corrected chi connectivity index (χ1v) is 9.12. The molecule has 3 nitrogen and oxygen atoms in total. The molecule has 0 saturated heterocycles. The summed E-state index contributed by atoms with van der Waals surface area (Å²) in [5, 5.41) is 8.89. The van der Waals surface area contributed by atoms with Crippen LogP contribution in [0.2, 0.25) is 0 Å². The normalized spacial score (nSPS) is 19.6. The molecule has 0 aliphatic heterocycles. The van der Waals surface area contributed by atoms with E-state index in [0.717, 1.165) is 24.3 Å². The number of carbonyl (C=O) groups is 1. The summed E-state index contributed by atoms with van der Waals surface area (Å²) < 4.78 is 19.7. The fourth-order valence-corrected chi connectivity index (χ4v) is 3.65. The first-order valence-electron chi connectivity index (χ1n) is 9.12. The van der Waals surface area contributed by atoms with Gasteiger partial charge in [-0.3, -0.25) is 0 Å². The van der Waals surface area contributed by atoms with E-state index in [1.807, 2.05) is 12.1 Å². The summed E-state index contributed by atoms with van der Waals surface area (Å²) in [5.41, 5.74) is 1.26. The fourth-order valence-electron chi connectivity index (χ4n) is 3.65. The zero-order chi connectivity index (χ0) is 18.5. The van der Waals surface area contributed by atoms with Crippen LogP contribution in [-0.4, -0.2) is 5.97 Å². The van der Waals surface area contributed by atoms with Crippen LogP contribution in [0, 0.1) is 23.1 Å². The molecule has 0 N–H and O–H groups in total. The van der Waals surface area contributed by atoms with E-state index in [0.29, 0.717) is 11.5 Å². The number of rotatable bonds is 4. The highest BCUT2D eigenvalue weighted by Crippen LogP contribution is 2.37. The number of carbonyl (C=O) groups excluding carboxylic acids is 1. The molecule has 2 aromatic carbocycles. The summed E-state index contributed by atoms with van der Waals surface area (Å²) in [4.78, 5) is 12.3. The molecule has 3 rings (SSSR count). The number of halogens is 1. The summed E-state index contributed by atoms with van der Waals surface area (Å²) in [5.74, 6) is 0.0787. The molecule has 1 aliphatic carbocycles. The molecule has 0 spiro atoms. The van der Waals surface area contributed by atoms with Gasteiger partial charge < -0.3 is 4.74 Å². The van der Waals surface area contributed by atoms with Gasteiger partial charge in [0.25, 0.3) is 0 Å². The zero-order valence-electron chi connectivity index (χ0n) is 14.9. The molecule has 0 amide bonds. The second kappa shape index (κ2) is 8.14. The number of hydrogen-bond donors (Lipinski definition) is 0. The maximum atomic E-state index is 14.5. The van der Waals surface area contributed by atoms with E-state index in [-0.39, 0.29) is 11.3 Å². The molecule has 1 aliphatic rings. The monoisotopic (exact) mass is 351 g/mol. The van der Waals surface area contributed by atoms with Crippen molar-refractivity contribution in [1.82, 2.24) is 0 Å². The lowest BCUT2D eigenvalue weighted by atomic mass is 9.78. The Bertz CT molecular complexity index is 832. The Kier molecular flexibility index (Phi) is 5.68. The number of esters is 1. The first-order chi connectivity index (χ1) is 12.6. The summed E-state index contributed by atoms with van der Waals surface area (Å²) in [6, 6.07) is 13.0. The van der Waals surface area contributed by atoms with Gasteiger partial charge in [0.05, 0.1) is 17.2 Å². The predicted molar refractivity (Wildman–Crippen MR) is 97.5 cm³/mol. The number of nitrogens with zero attached hydrogens (tertiary/aromatic N) is 1. The van der Waals surface area contributed by atoms with Gasteiger partial charge in [-0.05, 0) is 73.4 Å². The Hall–Kier alpha value is -2.67. The van der Waals surface area contributed by atoms with Crippen molar-refractivity contribution >= 4 is 5.97 Å². The lowest BCUT2D eigenvalue weighted by Crippen LogP contribution is -2.14. The van der Waals surface area contributed by atoms with Crippen molar-refractivity contribution in [3.8, 4) is 11.8 Å². The van der Waals surface area contributed by atoms with Gasteiger partial charge in [0.1, 0.15) is 11.6 Å². The average Bonchev–Trinajstić information content (AvgIpc) is 2.68. The second-order valence-electron chi connectivity index (χ2n) is 6.89. The van der Waals surface area contributed by atoms with E-state index < -0.39 is 11.8 Å². The molecule has 2 aromatic rings. The third-order valence-corrected chi connectivity index (χ3v) is 5.28. The Morgan fingerprint density at radius 1 is 1.19 bits per heavy atom. The highest BCUT2D eigenvalue weighted by molar-refractivity contribution is 5.91. The number of benzene rings is 2. The molecule has 4 heteroatoms. The van der Waals surface area contributed by atoms with Gasteiger partial charge in [0, 0.05) is 0 Å². The van der Waals surface area contributed by atoms with Crippen molar-refractivity contribution < 1.29 is 13.9 Å². The second-order valence-corrected chi connectivity index (χ2v) is 6.89. The van der Waals surface area contributed by atoms with Crippen LogP contribution in [-0.2, 0) is 0 Å². The third-order valence-electron chi connectivity index (χ3n) is 5.28. The van der Waals surface area contributed by atoms with Crippen LogP contribution in [0.4, 0.5) is 4.39 Å². The van der Waals surface area contributed by atoms with Crippen LogP contribution in [0.3, 0.4) is 0 Å². The minimum Gasteiger partial charge on any atom is -0.423 e. The first kappa shape index (κ1) is 18.1. The lowest BCUT2D eigenvalue weighted by Gasteiger charge is -2.28. The van der Waals surface area contributed by atoms with E-state index in [1.54, 1.807) is 18.2 Å². The van der Waals surface area contributed by atoms with Crippen molar-refractivity contribution in [2.24, 2.45) is 5.92 Å². The summed E-state index contributed by atoms with van der Waals surface area (Å²) in [6.07, 6.45) is 5.72. The molecule has 0 aromatic heterocycles. The van der Waals surface area contributed by atoms with Gasteiger partial charge in [0.2, 0.25) is 0 Å². The smallest absolute Gasteiger partial charge is 0.346 e. The number of hydrogen-bond acceptors (Lipinski definition) is 3. The van der Waals surface area contributed by atoms with Gasteiger partial charge in [0.15, 0.2) is 0 Å². The topological polar surface area (TPSA) is 50.1 Å². The van der Waals surface area contributed by atoms with Crippen molar-refractivity contribution in [3.63, 3.8) is 0 Å². The molecule has 1 fully saturated rings. The van der Waals surface area contributed by atoms with Crippen molar-refractivity contribution in [1.29, 1.82) is 5.26 Å². The van der Waals surface area contributed by atoms with Crippen LogP contribution < -0.4 is 4.74 Å². The number of nitriles is 1. The molecule has 134 valence electrons. The molecular formula is C22H22FNO2. The van der Waals surface area contributed by atoms with Crippen molar-refractivity contribution in [2.45, 2.75) is 44.9 Å². The Morgan fingerprint density at radius 3 is 2.62 bits per heavy atom. The Labute approximate surface area is 153 Å². The molecule has 0 bridgehead atoms. The van der Waals surface area contributed by atoms with Crippen LogP contribution >= 0.6 is 0 Å². The minimum absolute atomic E-state index is 0.0849. The standard InChI is InChI=1S/C22H22FNO2/c1-2-15-6-8-17(9-7-15)18-10-11-20(21(23)13-18)22(25)26-19-5-3-4-16(12-19)14-24/h3-5,10-13,15,17H,2,6-9H2,1H3. The maximum absolute atomic E-state index is 14.5. The van der Waals surface area contributed by atoms with Gasteiger partial charge in [-0.25, -0.2) is 9.18 Å². The summed E-state index contributed by atoms with van der Waals surface area (Å²) in [6.45, 7) is 2.22. The SMILES string of the molecule is CCC1CCC(c2ccc(C(=O)Oc3cccc(C#N)c3)c(F)c2)CC1. The maximum Gasteiger partial charge on any atom is 0.346 e. The van der Waals surface area contributed by atoms with E-state index in [9.17, 15) is 9.18 Å². The predicted octanol–water partition coefficient (Wildman–Crippen LogP) is 5.60. The van der Waals surface area contributed by atoms with Crippen molar-refractivity contribution in [2.75, 3.05) is 0 Å².